The van der Waals surface area contributed by atoms with Crippen LogP contribution in [0.2, 0.25) is 0 Å². The van der Waals surface area contributed by atoms with E-state index >= 15 is 0 Å². The standard InChI is InChI=1S/C25H31FN2O4S/c1-4-32-24(31)10-9-22(29)27(15-17(2)3)16-23(30)28-13-11-21-20(12-14-33-21)25(28)18-5-7-19(26)8-6-18/h5-8,12,14,17,25H,4,9-11,13,15-16H2,1-3H3. The van der Waals surface area contributed by atoms with Crippen molar-refractivity contribution < 1.29 is 23.5 Å². The minimum Gasteiger partial charge on any atom is -0.466 e. The van der Waals surface area contributed by atoms with Gasteiger partial charge in [-0.2, -0.15) is 0 Å². The number of hydrogen-bond acceptors (Lipinski definition) is 5. The summed E-state index contributed by atoms with van der Waals surface area (Å²) in [5, 5.41) is 2.01. The fourth-order valence-electron chi connectivity index (χ4n) is 4.14. The summed E-state index contributed by atoms with van der Waals surface area (Å²) in [5.41, 5.74) is 1.89. The first-order valence-corrected chi connectivity index (χ1v) is 12.2. The number of benzene rings is 1. The summed E-state index contributed by atoms with van der Waals surface area (Å²) in [6, 6.07) is 7.94. The quantitative estimate of drug-likeness (QED) is 0.511. The second-order valence-electron chi connectivity index (χ2n) is 8.56. The molecule has 1 aromatic carbocycles. The first kappa shape index (κ1) is 24.9. The van der Waals surface area contributed by atoms with E-state index in [9.17, 15) is 18.8 Å². The number of fused-ring (bicyclic) bond motifs is 1. The molecule has 0 spiro atoms. The Labute approximate surface area is 198 Å². The Balaban J connectivity index is 1.79. The molecule has 178 valence electrons. The molecule has 1 aromatic heterocycles. The SMILES string of the molecule is CCOC(=O)CCC(=O)N(CC(=O)N1CCc2sccc2C1c1ccc(F)cc1)CC(C)C. The highest BCUT2D eigenvalue weighted by molar-refractivity contribution is 7.10. The van der Waals surface area contributed by atoms with Gasteiger partial charge in [-0.25, -0.2) is 4.39 Å². The molecular weight excluding hydrogens is 443 g/mol. The number of ether oxygens (including phenoxy) is 1. The predicted molar refractivity (Wildman–Crippen MR) is 125 cm³/mol. The maximum Gasteiger partial charge on any atom is 0.306 e. The third-order valence-electron chi connectivity index (χ3n) is 5.58. The van der Waals surface area contributed by atoms with Crippen LogP contribution in [0, 0.1) is 11.7 Å². The summed E-state index contributed by atoms with van der Waals surface area (Å²) in [4.78, 5) is 42.6. The van der Waals surface area contributed by atoms with Crippen LogP contribution in [0.3, 0.4) is 0 Å². The van der Waals surface area contributed by atoms with Gasteiger partial charge in [-0.15, -0.1) is 11.3 Å². The van der Waals surface area contributed by atoms with Crippen molar-refractivity contribution in [2.45, 2.75) is 46.1 Å². The van der Waals surface area contributed by atoms with Crippen LogP contribution in [0.25, 0.3) is 0 Å². The Morgan fingerprint density at radius 2 is 1.91 bits per heavy atom. The minimum atomic E-state index is -0.418. The number of amides is 2. The second kappa shape index (κ2) is 11.4. The number of rotatable bonds is 9. The van der Waals surface area contributed by atoms with E-state index in [-0.39, 0.29) is 55.6 Å². The van der Waals surface area contributed by atoms with E-state index in [1.165, 1.54) is 21.9 Å². The summed E-state index contributed by atoms with van der Waals surface area (Å²) in [5.74, 6) is -0.975. The van der Waals surface area contributed by atoms with Crippen LogP contribution in [0.4, 0.5) is 4.39 Å². The lowest BCUT2D eigenvalue weighted by Gasteiger charge is -2.38. The van der Waals surface area contributed by atoms with Crippen molar-refractivity contribution in [2.75, 3.05) is 26.2 Å². The van der Waals surface area contributed by atoms with Crippen LogP contribution in [0.5, 0.6) is 0 Å². The van der Waals surface area contributed by atoms with Crippen LogP contribution in [0.15, 0.2) is 35.7 Å². The van der Waals surface area contributed by atoms with E-state index in [1.54, 1.807) is 35.3 Å². The lowest BCUT2D eigenvalue weighted by atomic mass is 9.93. The van der Waals surface area contributed by atoms with Gasteiger partial charge in [0.05, 0.1) is 25.6 Å². The van der Waals surface area contributed by atoms with Crippen molar-refractivity contribution in [3.05, 3.63) is 57.5 Å². The van der Waals surface area contributed by atoms with Gasteiger partial charge in [0.15, 0.2) is 0 Å². The van der Waals surface area contributed by atoms with Crippen LogP contribution in [-0.2, 0) is 25.5 Å². The Hall–Kier alpha value is -2.74. The van der Waals surface area contributed by atoms with Gasteiger partial charge in [0.25, 0.3) is 0 Å². The molecule has 0 saturated heterocycles. The number of nitrogens with zero attached hydrogens (tertiary/aromatic N) is 2. The highest BCUT2D eigenvalue weighted by atomic mass is 32.1. The topological polar surface area (TPSA) is 66.9 Å². The third-order valence-corrected chi connectivity index (χ3v) is 6.58. The van der Waals surface area contributed by atoms with Gasteiger partial charge >= 0.3 is 5.97 Å². The van der Waals surface area contributed by atoms with Gasteiger partial charge in [-0.05, 0) is 54.0 Å². The van der Waals surface area contributed by atoms with Crippen LogP contribution >= 0.6 is 11.3 Å². The zero-order chi connectivity index (χ0) is 24.0. The average Bonchev–Trinajstić information content (AvgIpc) is 3.26. The van der Waals surface area contributed by atoms with Crippen molar-refractivity contribution in [3.8, 4) is 0 Å². The number of carbonyl (C=O) groups is 3. The lowest BCUT2D eigenvalue weighted by Crippen LogP contribution is -2.47. The lowest BCUT2D eigenvalue weighted by molar-refractivity contribution is -0.147. The summed E-state index contributed by atoms with van der Waals surface area (Å²) in [7, 11) is 0. The molecule has 0 radical (unpaired) electrons. The molecular formula is C25H31FN2O4S. The van der Waals surface area contributed by atoms with Crippen LogP contribution < -0.4 is 0 Å². The van der Waals surface area contributed by atoms with Crippen molar-refractivity contribution in [3.63, 3.8) is 0 Å². The molecule has 0 aliphatic carbocycles. The Morgan fingerprint density at radius 3 is 2.58 bits per heavy atom. The number of carbonyl (C=O) groups excluding carboxylic acids is 3. The highest BCUT2D eigenvalue weighted by Gasteiger charge is 2.34. The van der Waals surface area contributed by atoms with E-state index < -0.39 is 5.97 Å². The largest absolute Gasteiger partial charge is 0.466 e. The molecule has 1 aliphatic heterocycles. The van der Waals surface area contributed by atoms with Crippen LogP contribution in [-0.4, -0.2) is 53.8 Å². The minimum absolute atomic E-state index is 0.00432. The molecule has 1 aliphatic rings. The Morgan fingerprint density at radius 1 is 1.18 bits per heavy atom. The first-order chi connectivity index (χ1) is 15.8. The molecule has 3 rings (SSSR count). The van der Waals surface area contributed by atoms with Crippen LogP contribution in [0.1, 0.15) is 55.7 Å². The molecule has 33 heavy (non-hydrogen) atoms. The summed E-state index contributed by atoms with van der Waals surface area (Å²) in [6.07, 6.45) is 0.752. The Bertz CT molecular complexity index is 973. The van der Waals surface area contributed by atoms with Gasteiger partial charge in [0.1, 0.15) is 5.82 Å². The molecule has 0 N–H and O–H groups in total. The van der Waals surface area contributed by atoms with Gasteiger partial charge in [-0.1, -0.05) is 26.0 Å². The molecule has 6 nitrogen and oxygen atoms in total. The summed E-state index contributed by atoms with van der Waals surface area (Å²) >= 11 is 1.66. The molecule has 8 heteroatoms. The molecule has 2 heterocycles. The number of halogens is 1. The molecule has 0 fully saturated rings. The molecule has 1 unspecified atom stereocenters. The third kappa shape index (κ3) is 6.41. The normalized spacial score (nSPS) is 15.3. The second-order valence-corrected chi connectivity index (χ2v) is 9.56. The number of hydrogen-bond donors (Lipinski definition) is 0. The monoisotopic (exact) mass is 474 g/mol. The number of thiophene rings is 1. The smallest absolute Gasteiger partial charge is 0.306 e. The van der Waals surface area contributed by atoms with Gasteiger partial charge in [0, 0.05) is 24.4 Å². The Kier molecular flexibility index (Phi) is 8.61. The maximum absolute atomic E-state index is 13.5. The molecule has 2 amide bonds. The van der Waals surface area contributed by atoms with Crippen molar-refractivity contribution in [1.82, 2.24) is 9.80 Å². The van der Waals surface area contributed by atoms with Gasteiger partial charge in [0.2, 0.25) is 11.8 Å². The molecule has 0 saturated carbocycles. The van der Waals surface area contributed by atoms with E-state index in [1.807, 2.05) is 25.3 Å². The zero-order valence-corrected chi connectivity index (χ0v) is 20.2. The summed E-state index contributed by atoms with van der Waals surface area (Å²) < 4.78 is 18.5. The maximum atomic E-state index is 13.5. The fourth-order valence-corrected chi connectivity index (χ4v) is 5.04. The predicted octanol–water partition coefficient (Wildman–Crippen LogP) is 4.19. The van der Waals surface area contributed by atoms with Gasteiger partial charge < -0.3 is 14.5 Å². The first-order valence-electron chi connectivity index (χ1n) is 11.3. The van der Waals surface area contributed by atoms with Crippen molar-refractivity contribution >= 4 is 29.1 Å². The summed E-state index contributed by atoms with van der Waals surface area (Å²) in [6.45, 7) is 6.85. The van der Waals surface area contributed by atoms with Gasteiger partial charge in [-0.3, -0.25) is 14.4 Å². The van der Waals surface area contributed by atoms with E-state index in [2.05, 4.69) is 0 Å². The van der Waals surface area contributed by atoms with E-state index in [0.29, 0.717) is 13.1 Å². The van der Waals surface area contributed by atoms with Crippen molar-refractivity contribution in [1.29, 1.82) is 0 Å². The number of esters is 1. The molecule has 1 atom stereocenters. The van der Waals surface area contributed by atoms with E-state index in [0.717, 1.165) is 17.5 Å². The average molecular weight is 475 g/mol. The molecule has 0 bridgehead atoms. The zero-order valence-electron chi connectivity index (χ0n) is 19.4. The highest BCUT2D eigenvalue weighted by Crippen LogP contribution is 2.38. The fraction of sp³-hybridized carbons (Fsp3) is 0.480. The van der Waals surface area contributed by atoms with Crippen molar-refractivity contribution in [2.24, 2.45) is 5.92 Å². The molecule has 2 aromatic rings. The van der Waals surface area contributed by atoms with E-state index in [4.69, 9.17) is 4.74 Å².